The van der Waals surface area contributed by atoms with Crippen molar-refractivity contribution in [1.29, 1.82) is 0 Å². The van der Waals surface area contributed by atoms with Gasteiger partial charge in [-0.25, -0.2) is 0 Å². The van der Waals surface area contributed by atoms with Gasteiger partial charge in [0.1, 0.15) is 11.2 Å². The van der Waals surface area contributed by atoms with E-state index in [4.69, 9.17) is 13.9 Å². The van der Waals surface area contributed by atoms with Gasteiger partial charge in [-0.15, -0.1) is 0 Å². The van der Waals surface area contributed by atoms with Gasteiger partial charge in [0.2, 0.25) is 0 Å². The van der Waals surface area contributed by atoms with E-state index in [1.54, 1.807) is 0 Å². The molecule has 0 saturated heterocycles. The Morgan fingerprint density at radius 2 is 0.949 bits per heavy atom. The van der Waals surface area contributed by atoms with Gasteiger partial charge in [0.25, 0.3) is 0 Å². The zero-order chi connectivity index (χ0) is 38.7. The first-order valence-corrected chi connectivity index (χ1v) is 20.1. The Balaban J connectivity index is 0.927. The lowest BCUT2D eigenvalue weighted by Crippen LogP contribution is -2.25. The summed E-state index contributed by atoms with van der Waals surface area (Å²) in [5.74, 6) is 2.88. The van der Waals surface area contributed by atoms with Crippen molar-refractivity contribution in [3.05, 3.63) is 222 Å². The number of hydrogen-bond donors (Lipinski definition) is 0. The lowest BCUT2D eigenvalue weighted by atomic mass is 9.70. The highest BCUT2D eigenvalue weighted by molar-refractivity contribution is 6.06. The van der Waals surface area contributed by atoms with Gasteiger partial charge < -0.3 is 18.8 Å². The molecule has 0 unspecified atom stereocenters. The SMILES string of the molecule is c1ccc(N(c2ccc(-c3cccc4c3Oc3c(ccc5c3-c3ccccc3C53c5ccccc5-c5ccccc53)O4)cc2)c2ccc3oc4ccccc4c3c2)cc1. The summed E-state index contributed by atoms with van der Waals surface area (Å²) in [6.07, 6.45) is 0. The summed E-state index contributed by atoms with van der Waals surface area (Å²) in [4.78, 5) is 2.29. The first-order valence-electron chi connectivity index (χ1n) is 20.1. The van der Waals surface area contributed by atoms with Crippen LogP contribution in [0.15, 0.2) is 205 Å². The zero-order valence-corrected chi connectivity index (χ0v) is 31.7. The maximum Gasteiger partial charge on any atom is 0.178 e. The normalized spacial score (nSPS) is 13.5. The molecule has 4 nitrogen and oxygen atoms in total. The van der Waals surface area contributed by atoms with E-state index in [2.05, 4.69) is 181 Å². The second-order valence-corrected chi connectivity index (χ2v) is 15.5. The highest BCUT2D eigenvalue weighted by atomic mass is 16.6. The molecule has 2 aliphatic carbocycles. The van der Waals surface area contributed by atoms with Gasteiger partial charge in [0, 0.05) is 39.0 Å². The molecule has 9 aromatic carbocycles. The third-order valence-corrected chi connectivity index (χ3v) is 12.6. The molecule has 0 bridgehead atoms. The van der Waals surface area contributed by atoms with E-state index < -0.39 is 5.41 Å². The predicted octanol–water partition coefficient (Wildman–Crippen LogP) is 15.0. The summed E-state index contributed by atoms with van der Waals surface area (Å²) in [5, 5.41) is 2.19. The van der Waals surface area contributed by atoms with Crippen LogP contribution in [-0.4, -0.2) is 0 Å². The number of nitrogens with zero attached hydrogens (tertiary/aromatic N) is 1. The minimum atomic E-state index is -0.465. The van der Waals surface area contributed by atoms with Crippen LogP contribution in [-0.2, 0) is 5.41 Å². The molecular formula is C55H33NO3. The van der Waals surface area contributed by atoms with Gasteiger partial charge in [-0.1, -0.05) is 140 Å². The van der Waals surface area contributed by atoms with Crippen LogP contribution >= 0.6 is 0 Å². The maximum absolute atomic E-state index is 7.18. The number of benzene rings is 9. The van der Waals surface area contributed by atoms with Crippen molar-refractivity contribution in [2.75, 3.05) is 4.90 Å². The number of furan rings is 1. The Bertz CT molecular complexity index is 3300. The topological polar surface area (TPSA) is 34.8 Å². The fourth-order valence-electron chi connectivity index (χ4n) is 10.1. The minimum Gasteiger partial charge on any atom is -0.456 e. The average molecular weight is 756 g/mol. The second-order valence-electron chi connectivity index (χ2n) is 15.5. The molecule has 13 rings (SSSR count). The number of ether oxygens (including phenoxy) is 2. The Morgan fingerprint density at radius 1 is 0.356 bits per heavy atom. The Kier molecular flexibility index (Phi) is 6.62. The molecule has 1 aliphatic heterocycles. The highest BCUT2D eigenvalue weighted by Crippen LogP contribution is 2.66. The number of rotatable bonds is 4. The summed E-state index contributed by atoms with van der Waals surface area (Å²) >= 11 is 0. The molecule has 1 spiro atoms. The van der Waals surface area contributed by atoms with Crippen LogP contribution in [0.4, 0.5) is 17.1 Å². The first kappa shape index (κ1) is 32.3. The van der Waals surface area contributed by atoms with Crippen molar-refractivity contribution in [3.8, 4) is 56.4 Å². The van der Waals surface area contributed by atoms with Crippen molar-refractivity contribution in [3.63, 3.8) is 0 Å². The molecule has 59 heavy (non-hydrogen) atoms. The molecule has 0 N–H and O–H groups in total. The van der Waals surface area contributed by atoms with Crippen LogP contribution in [0.1, 0.15) is 22.3 Å². The summed E-state index contributed by atoms with van der Waals surface area (Å²) in [6.45, 7) is 0. The molecule has 0 amide bonds. The van der Waals surface area contributed by atoms with E-state index in [-0.39, 0.29) is 0 Å². The molecule has 0 fully saturated rings. The van der Waals surface area contributed by atoms with Crippen molar-refractivity contribution in [2.24, 2.45) is 0 Å². The van der Waals surface area contributed by atoms with Crippen molar-refractivity contribution < 1.29 is 13.9 Å². The summed E-state index contributed by atoms with van der Waals surface area (Å²) < 4.78 is 20.1. The fourth-order valence-corrected chi connectivity index (χ4v) is 10.1. The Morgan fingerprint density at radius 3 is 1.73 bits per heavy atom. The fraction of sp³-hybridized carbons (Fsp3) is 0.0182. The van der Waals surface area contributed by atoms with Crippen molar-refractivity contribution >= 4 is 39.0 Å². The van der Waals surface area contributed by atoms with E-state index in [9.17, 15) is 0 Å². The average Bonchev–Trinajstić information content (AvgIpc) is 3.93. The van der Waals surface area contributed by atoms with E-state index in [0.717, 1.165) is 67.2 Å². The molecule has 0 saturated carbocycles. The molecular weight excluding hydrogens is 723 g/mol. The molecule has 10 aromatic rings. The number of anilines is 3. The Labute approximate surface area is 340 Å². The largest absolute Gasteiger partial charge is 0.456 e. The highest BCUT2D eigenvalue weighted by Gasteiger charge is 2.53. The van der Waals surface area contributed by atoms with Crippen LogP contribution in [0, 0.1) is 0 Å². The van der Waals surface area contributed by atoms with E-state index in [1.807, 2.05) is 24.3 Å². The van der Waals surface area contributed by atoms with E-state index in [1.165, 1.54) is 38.9 Å². The summed E-state index contributed by atoms with van der Waals surface area (Å²) in [7, 11) is 0. The minimum absolute atomic E-state index is 0.465. The third kappa shape index (κ3) is 4.43. The smallest absolute Gasteiger partial charge is 0.178 e. The van der Waals surface area contributed by atoms with Crippen LogP contribution in [0.25, 0.3) is 55.3 Å². The van der Waals surface area contributed by atoms with Gasteiger partial charge in [0.05, 0.1) is 5.41 Å². The number of hydrogen-bond acceptors (Lipinski definition) is 4. The van der Waals surface area contributed by atoms with Crippen molar-refractivity contribution in [2.45, 2.75) is 5.41 Å². The zero-order valence-electron chi connectivity index (χ0n) is 31.7. The predicted molar refractivity (Wildman–Crippen MR) is 237 cm³/mol. The molecule has 1 aromatic heterocycles. The van der Waals surface area contributed by atoms with Crippen molar-refractivity contribution in [1.82, 2.24) is 0 Å². The summed E-state index contributed by atoms with van der Waals surface area (Å²) in [5.41, 5.74) is 16.3. The van der Waals surface area contributed by atoms with Gasteiger partial charge in [-0.2, -0.15) is 0 Å². The van der Waals surface area contributed by atoms with Crippen LogP contribution in [0.5, 0.6) is 23.0 Å². The van der Waals surface area contributed by atoms with Gasteiger partial charge in [-0.3, -0.25) is 0 Å². The van der Waals surface area contributed by atoms with E-state index in [0.29, 0.717) is 11.5 Å². The second kappa shape index (κ2) is 12.1. The Hall–Kier alpha value is -7.82. The number of para-hydroxylation sites is 3. The third-order valence-electron chi connectivity index (χ3n) is 12.6. The maximum atomic E-state index is 7.18. The molecule has 0 radical (unpaired) electrons. The van der Waals surface area contributed by atoms with Crippen LogP contribution in [0.2, 0.25) is 0 Å². The van der Waals surface area contributed by atoms with Gasteiger partial charge >= 0.3 is 0 Å². The monoisotopic (exact) mass is 755 g/mol. The first-order chi connectivity index (χ1) is 29.3. The molecule has 0 atom stereocenters. The molecule has 4 heteroatoms. The quantitative estimate of drug-likeness (QED) is 0.179. The van der Waals surface area contributed by atoms with E-state index >= 15 is 0 Å². The molecule has 3 aliphatic rings. The van der Waals surface area contributed by atoms with Gasteiger partial charge in [0.15, 0.2) is 23.0 Å². The number of fused-ring (bicyclic) bond motifs is 16. The molecule has 276 valence electrons. The van der Waals surface area contributed by atoms with Crippen LogP contribution in [0.3, 0.4) is 0 Å². The lowest BCUT2D eigenvalue weighted by molar-refractivity contribution is 0.361. The summed E-state index contributed by atoms with van der Waals surface area (Å²) in [6, 6.07) is 70.9. The lowest BCUT2D eigenvalue weighted by Gasteiger charge is -2.31. The standard InChI is InChI=1S/C55H33NO3/c1-2-13-35(14-3-1)56(37-29-31-49-43(33-37)41-17-7-11-23-48(41)57-49)36-27-25-34(26-28-36)38-19-12-24-50-53(38)59-54-51(58-50)32-30-47-52(54)42-18-6-10-22-46(42)55(47)44-20-8-4-15-39(44)40-16-5-9-21-45(40)55/h1-33H. The van der Waals surface area contributed by atoms with Gasteiger partial charge in [-0.05, 0) is 105 Å². The van der Waals surface area contributed by atoms with Crippen LogP contribution < -0.4 is 14.4 Å². The molecule has 2 heterocycles.